The lowest BCUT2D eigenvalue weighted by atomic mass is 9.90. The van der Waals surface area contributed by atoms with Crippen molar-refractivity contribution in [2.24, 2.45) is 12.5 Å². The van der Waals surface area contributed by atoms with Crippen LogP contribution in [0.2, 0.25) is 0 Å². The Morgan fingerprint density at radius 3 is 2.42 bits per heavy atom. The Morgan fingerprint density at radius 1 is 1.17 bits per heavy atom. The fourth-order valence-corrected chi connectivity index (χ4v) is 3.11. The van der Waals surface area contributed by atoms with Gasteiger partial charge in [-0.3, -0.25) is 9.59 Å². The molecule has 0 unspecified atom stereocenters. The van der Waals surface area contributed by atoms with E-state index < -0.39 is 11.4 Å². The standard InChI is InChI=1S/C18H19FN2O3/c1-18(17(23)24)9-10-21(11-18)16(22)15-8-7-14(20(15)2)12-3-5-13(19)6-4-12/h3-8H,9-11H2,1-2H3,(H,23,24)/t18-/m0/s1. The maximum atomic E-state index is 13.1. The lowest BCUT2D eigenvalue weighted by Gasteiger charge is -2.20. The normalized spacial score (nSPS) is 20.4. The predicted molar refractivity (Wildman–Crippen MR) is 87.1 cm³/mol. The van der Waals surface area contributed by atoms with Crippen molar-refractivity contribution in [2.45, 2.75) is 13.3 Å². The van der Waals surface area contributed by atoms with Crippen molar-refractivity contribution in [1.29, 1.82) is 0 Å². The van der Waals surface area contributed by atoms with E-state index in [1.807, 2.05) is 6.07 Å². The summed E-state index contributed by atoms with van der Waals surface area (Å²) in [6.45, 7) is 2.30. The predicted octanol–water partition coefficient (Wildman–Crippen LogP) is 2.77. The van der Waals surface area contributed by atoms with Crippen LogP contribution in [0, 0.1) is 11.2 Å². The van der Waals surface area contributed by atoms with E-state index in [-0.39, 0.29) is 18.3 Å². The highest BCUT2D eigenvalue weighted by Crippen LogP contribution is 2.31. The minimum atomic E-state index is -0.888. The Labute approximate surface area is 139 Å². The molecule has 0 radical (unpaired) electrons. The van der Waals surface area contributed by atoms with Crippen molar-refractivity contribution in [3.05, 3.63) is 47.9 Å². The number of aliphatic carboxylic acids is 1. The van der Waals surface area contributed by atoms with Gasteiger partial charge in [-0.15, -0.1) is 0 Å². The van der Waals surface area contributed by atoms with Crippen molar-refractivity contribution in [3.63, 3.8) is 0 Å². The van der Waals surface area contributed by atoms with E-state index in [1.165, 1.54) is 12.1 Å². The average molecular weight is 330 g/mol. The maximum absolute atomic E-state index is 13.1. The van der Waals surface area contributed by atoms with Crippen molar-refractivity contribution in [2.75, 3.05) is 13.1 Å². The Bertz CT molecular complexity index is 797. The summed E-state index contributed by atoms with van der Waals surface area (Å²) in [5.41, 5.74) is 1.22. The molecule has 1 aromatic heterocycles. The van der Waals surface area contributed by atoms with Crippen LogP contribution in [0.4, 0.5) is 4.39 Å². The van der Waals surface area contributed by atoms with Crippen LogP contribution in [0.5, 0.6) is 0 Å². The van der Waals surface area contributed by atoms with Gasteiger partial charge >= 0.3 is 5.97 Å². The molecule has 1 aliphatic heterocycles. The smallest absolute Gasteiger partial charge is 0.311 e. The van der Waals surface area contributed by atoms with Gasteiger partial charge in [0.15, 0.2) is 0 Å². The highest BCUT2D eigenvalue weighted by molar-refractivity contribution is 5.94. The third kappa shape index (κ3) is 2.68. The molecule has 0 spiro atoms. The SMILES string of the molecule is Cn1c(C(=O)N2CC[C@](C)(C(=O)O)C2)ccc1-c1ccc(F)cc1. The number of benzene rings is 1. The molecule has 1 aromatic carbocycles. The number of hydrogen-bond acceptors (Lipinski definition) is 2. The summed E-state index contributed by atoms with van der Waals surface area (Å²) in [6, 6.07) is 9.61. The van der Waals surface area contributed by atoms with Crippen LogP contribution < -0.4 is 0 Å². The molecule has 126 valence electrons. The van der Waals surface area contributed by atoms with E-state index in [2.05, 4.69) is 0 Å². The first kappa shape index (κ1) is 16.2. The van der Waals surface area contributed by atoms with Gasteiger partial charge in [-0.2, -0.15) is 0 Å². The summed E-state index contributed by atoms with van der Waals surface area (Å²) in [5, 5.41) is 9.30. The van der Waals surface area contributed by atoms with Crippen LogP contribution in [0.25, 0.3) is 11.3 Å². The van der Waals surface area contributed by atoms with E-state index >= 15 is 0 Å². The van der Waals surface area contributed by atoms with E-state index in [1.54, 1.807) is 41.6 Å². The Hall–Kier alpha value is -2.63. The molecule has 0 saturated carbocycles. The van der Waals surface area contributed by atoms with Gasteiger partial charge < -0.3 is 14.6 Å². The summed E-state index contributed by atoms with van der Waals surface area (Å²) in [7, 11) is 1.78. The molecular formula is C18H19FN2O3. The average Bonchev–Trinajstić information content (AvgIpc) is 3.12. The minimum Gasteiger partial charge on any atom is -0.481 e. The zero-order valence-corrected chi connectivity index (χ0v) is 13.6. The molecule has 1 fully saturated rings. The summed E-state index contributed by atoms with van der Waals surface area (Å²) < 4.78 is 14.8. The van der Waals surface area contributed by atoms with Crippen LogP contribution in [-0.4, -0.2) is 39.5 Å². The highest BCUT2D eigenvalue weighted by Gasteiger charge is 2.42. The first-order valence-electron chi connectivity index (χ1n) is 7.76. The second-order valence-corrected chi connectivity index (χ2v) is 6.51. The largest absolute Gasteiger partial charge is 0.481 e. The number of amides is 1. The molecule has 1 saturated heterocycles. The van der Waals surface area contributed by atoms with Gasteiger partial charge in [0, 0.05) is 25.8 Å². The molecule has 5 nitrogen and oxygen atoms in total. The van der Waals surface area contributed by atoms with Crippen molar-refractivity contribution in [1.82, 2.24) is 9.47 Å². The van der Waals surface area contributed by atoms with Gasteiger partial charge in [-0.05, 0) is 55.3 Å². The molecule has 1 amide bonds. The monoisotopic (exact) mass is 330 g/mol. The second-order valence-electron chi connectivity index (χ2n) is 6.51. The maximum Gasteiger partial charge on any atom is 0.311 e. The molecule has 6 heteroatoms. The first-order chi connectivity index (χ1) is 11.3. The number of rotatable bonds is 3. The Kier molecular flexibility index (Phi) is 3.91. The van der Waals surface area contributed by atoms with E-state index in [9.17, 15) is 19.1 Å². The molecular weight excluding hydrogens is 311 g/mol. The highest BCUT2D eigenvalue weighted by atomic mass is 19.1. The molecule has 2 aromatic rings. The number of aromatic nitrogens is 1. The van der Waals surface area contributed by atoms with Crippen molar-refractivity contribution < 1.29 is 19.1 Å². The summed E-state index contributed by atoms with van der Waals surface area (Å²) in [4.78, 5) is 25.6. The number of likely N-dealkylation sites (tertiary alicyclic amines) is 1. The van der Waals surface area contributed by atoms with Gasteiger partial charge in [-0.25, -0.2) is 4.39 Å². The molecule has 24 heavy (non-hydrogen) atoms. The quantitative estimate of drug-likeness (QED) is 0.941. The molecule has 1 atom stereocenters. The lowest BCUT2D eigenvalue weighted by Crippen LogP contribution is -2.35. The third-order valence-corrected chi connectivity index (χ3v) is 4.76. The number of hydrogen-bond donors (Lipinski definition) is 1. The van der Waals surface area contributed by atoms with Gasteiger partial charge in [0.25, 0.3) is 5.91 Å². The first-order valence-corrected chi connectivity index (χ1v) is 7.76. The van der Waals surface area contributed by atoms with Crippen LogP contribution in [0.15, 0.2) is 36.4 Å². The molecule has 0 aliphatic carbocycles. The number of nitrogens with zero attached hydrogens (tertiary/aromatic N) is 2. The fourth-order valence-electron chi connectivity index (χ4n) is 3.11. The summed E-state index contributed by atoms with van der Waals surface area (Å²) in [5.74, 6) is -1.37. The Balaban J connectivity index is 1.85. The van der Waals surface area contributed by atoms with Gasteiger partial charge in [0.2, 0.25) is 0 Å². The molecule has 3 rings (SSSR count). The number of carboxylic acid groups (broad SMARTS) is 1. The van der Waals surface area contributed by atoms with Crippen LogP contribution in [-0.2, 0) is 11.8 Å². The van der Waals surface area contributed by atoms with Gasteiger partial charge in [-0.1, -0.05) is 0 Å². The summed E-state index contributed by atoms with van der Waals surface area (Å²) >= 11 is 0. The van der Waals surface area contributed by atoms with Crippen LogP contribution in [0.3, 0.4) is 0 Å². The molecule has 0 bridgehead atoms. The lowest BCUT2D eigenvalue weighted by molar-refractivity contribution is -0.147. The minimum absolute atomic E-state index is 0.184. The van der Waals surface area contributed by atoms with Gasteiger partial charge in [0.05, 0.1) is 5.41 Å². The molecule has 2 heterocycles. The fraction of sp³-hybridized carbons (Fsp3) is 0.333. The van der Waals surface area contributed by atoms with E-state index in [0.717, 1.165) is 11.3 Å². The van der Waals surface area contributed by atoms with Crippen molar-refractivity contribution in [3.8, 4) is 11.3 Å². The zero-order valence-electron chi connectivity index (χ0n) is 13.6. The van der Waals surface area contributed by atoms with Crippen LogP contribution in [0.1, 0.15) is 23.8 Å². The molecule has 1 N–H and O–H groups in total. The van der Waals surface area contributed by atoms with Gasteiger partial charge in [0.1, 0.15) is 11.5 Å². The Morgan fingerprint density at radius 2 is 1.83 bits per heavy atom. The molecule has 1 aliphatic rings. The topological polar surface area (TPSA) is 62.5 Å². The number of carbonyl (C=O) groups excluding carboxylic acids is 1. The van der Waals surface area contributed by atoms with Crippen LogP contribution >= 0.6 is 0 Å². The number of carboxylic acids is 1. The summed E-state index contributed by atoms with van der Waals surface area (Å²) in [6.07, 6.45) is 0.448. The van der Waals surface area contributed by atoms with E-state index in [4.69, 9.17) is 0 Å². The third-order valence-electron chi connectivity index (χ3n) is 4.76. The number of halogens is 1. The van der Waals surface area contributed by atoms with Crippen molar-refractivity contribution >= 4 is 11.9 Å². The number of carbonyl (C=O) groups is 2. The zero-order chi connectivity index (χ0) is 17.5. The van der Waals surface area contributed by atoms with E-state index in [0.29, 0.717) is 18.7 Å². The second kappa shape index (κ2) is 5.78.